The van der Waals surface area contributed by atoms with Gasteiger partial charge in [0.2, 0.25) is 0 Å². The van der Waals surface area contributed by atoms with E-state index in [-0.39, 0.29) is 24.3 Å². The van der Waals surface area contributed by atoms with E-state index in [0.717, 1.165) is 59.0 Å². The number of ether oxygens (including phenoxy) is 2. The van der Waals surface area contributed by atoms with Crippen molar-refractivity contribution < 1.29 is 23.4 Å². The van der Waals surface area contributed by atoms with Gasteiger partial charge in [-0.25, -0.2) is 4.39 Å². The van der Waals surface area contributed by atoms with E-state index in [4.69, 9.17) is 9.47 Å². The minimum atomic E-state index is -0.422. The Bertz CT molecular complexity index is 1360. The van der Waals surface area contributed by atoms with Gasteiger partial charge in [0.05, 0.1) is 6.67 Å². The molecule has 0 spiro atoms. The topological polar surface area (TPSA) is 41.9 Å². The summed E-state index contributed by atoms with van der Waals surface area (Å²) in [7, 11) is 5.81. The maximum Gasteiger partial charge on any atom is 0.135 e. The summed E-state index contributed by atoms with van der Waals surface area (Å²) in [5.41, 5.74) is 4.29. The highest BCUT2D eigenvalue weighted by Gasteiger charge is 2.26. The van der Waals surface area contributed by atoms with E-state index in [1.54, 1.807) is 30.0 Å². The van der Waals surface area contributed by atoms with Crippen molar-refractivity contribution in [3.63, 3.8) is 0 Å². The summed E-state index contributed by atoms with van der Waals surface area (Å²) in [4.78, 5) is 3.20. The number of likely N-dealkylation sites (tertiary alicyclic amines) is 1. The summed E-state index contributed by atoms with van der Waals surface area (Å²) in [5.74, 6) is 1.72. The number of phenols is 1. The number of hydrogen-bond donors (Lipinski definition) is 1. The van der Waals surface area contributed by atoms with Crippen molar-refractivity contribution in [2.75, 3.05) is 32.1 Å². The van der Waals surface area contributed by atoms with Crippen LogP contribution in [0.4, 0.5) is 8.78 Å². The van der Waals surface area contributed by atoms with Crippen LogP contribution in [0.3, 0.4) is 0 Å². The van der Waals surface area contributed by atoms with E-state index in [1.807, 2.05) is 59.9 Å². The first-order valence-corrected chi connectivity index (χ1v) is 14.4. The molecular weight excluding hydrogens is 513 g/mol. The Morgan fingerprint density at radius 3 is 2.46 bits per heavy atom. The molecule has 0 radical (unpaired) electrons. The maximum atomic E-state index is 15.5. The van der Waals surface area contributed by atoms with Gasteiger partial charge in [-0.15, -0.1) is 11.8 Å². The van der Waals surface area contributed by atoms with Gasteiger partial charge < -0.3 is 14.6 Å². The fourth-order valence-electron chi connectivity index (χ4n) is 5.19. The fourth-order valence-corrected chi connectivity index (χ4v) is 6.32. The Hall–Kier alpha value is -2.84. The maximum absolute atomic E-state index is 15.5. The van der Waals surface area contributed by atoms with Gasteiger partial charge in [0.1, 0.15) is 52.7 Å². The van der Waals surface area contributed by atoms with Gasteiger partial charge in [0.15, 0.2) is 0 Å². The number of phenolic OH excluding ortho intramolecular Hbond substituents is 1. The van der Waals surface area contributed by atoms with E-state index < -0.39 is 5.30 Å². The van der Waals surface area contributed by atoms with Gasteiger partial charge >= 0.3 is 0 Å². The van der Waals surface area contributed by atoms with Gasteiger partial charge in [-0.05, 0) is 77.6 Å². The second-order valence-electron chi connectivity index (χ2n) is 11.1. The van der Waals surface area contributed by atoms with Gasteiger partial charge in [0.25, 0.3) is 0 Å². The summed E-state index contributed by atoms with van der Waals surface area (Å²) in [6.45, 7) is 2.20. The van der Waals surface area contributed by atoms with E-state index in [2.05, 4.69) is 4.90 Å². The third-order valence-corrected chi connectivity index (χ3v) is 7.96. The van der Waals surface area contributed by atoms with Crippen LogP contribution in [-0.2, 0) is 0 Å². The molecule has 4 nitrogen and oxygen atoms in total. The lowest BCUT2D eigenvalue weighted by Gasteiger charge is -2.26. The quantitative estimate of drug-likeness (QED) is 0.419. The Balaban J connectivity index is 1.46. The molecule has 0 unspecified atom stereocenters. The zero-order valence-corrected chi connectivity index (χ0v) is 23.5. The molecule has 0 bridgehead atoms. The molecule has 1 fully saturated rings. The molecule has 2 aliphatic rings. The van der Waals surface area contributed by atoms with Gasteiger partial charge in [-0.3, -0.25) is 9.29 Å². The number of fused-ring (bicyclic) bond motifs is 1. The zero-order chi connectivity index (χ0) is 27.6. The highest BCUT2D eigenvalue weighted by Crippen LogP contribution is 2.46. The molecule has 200 valence electrons. The number of halogens is 2. The standard InChI is InChI=1S/C29H32B3F2NO3S/c30-29(31,32)38-21-7-9-23(26(34)15-21)25-17-39-27-14-19(36)4-8-24(27)28(25)18-2-5-20(6-3-18)37-22-10-13-35(16-22)12-1-11-33/h2-9,14-15,22,36H,1,10-13,16-17,30-32H2/t22-/m0/s1. The summed E-state index contributed by atoms with van der Waals surface area (Å²) in [6.07, 6.45) is 1.57. The van der Waals surface area contributed by atoms with Crippen LogP contribution in [0.2, 0.25) is 0 Å². The number of aromatic hydroxyl groups is 1. The predicted octanol–water partition coefficient (Wildman–Crippen LogP) is 3.30. The monoisotopic (exact) mass is 545 g/mol. The zero-order valence-electron chi connectivity index (χ0n) is 22.7. The molecule has 2 heterocycles. The van der Waals surface area contributed by atoms with Crippen LogP contribution >= 0.6 is 11.8 Å². The molecule has 1 atom stereocenters. The number of benzene rings is 3. The van der Waals surface area contributed by atoms with Crippen LogP contribution < -0.4 is 9.47 Å². The van der Waals surface area contributed by atoms with Crippen LogP contribution in [0.5, 0.6) is 17.2 Å². The minimum absolute atomic E-state index is 0.0861. The predicted molar refractivity (Wildman–Crippen MR) is 163 cm³/mol. The molecular formula is C29H32B3F2NO3S. The molecule has 3 aromatic carbocycles. The van der Waals surface area contributed by atoms with Crippen molar-refractivity contribution in [3.05, 3.63) is 83.2 Å². The largest absolute Gasteiger partial charge is 0.514 e. The minimum Gasteiger partial charge on any atom is -0.514 e. The Labute approximate surface area is 236 Å². The van der Waals surface area contributed by atoms with Crippen molar-refractivity contribution in [2.45, 2.75) is 29.1 Å². The van der Waals surface area contributed by atoms with Gasteiger partial charge in [-0.2, -0.15) is 0 Å². The Morgan fingerprint density at radius 1 is 1.00 bits per heavy atom. The SMILES string of the molecule is BC(B)(B)Oc1ccc(C2=C(c3ccc(O[C@H]4CCN(CCCF)C4)cc3)c3ccc(O)cc3SC2)c(F)c1. The smallest absolute Gasteiger partial charge is 0.135 e. The summed E-state index contributed by atoms with van der Waals surface area (Å²) in [6, 6.07) is 18.4. The molecule has 3 aromatic rings. The van der Waals surface area contributed by atoms with E-state index in [0.29, 0.717) is 23.5 Å². The highest BCUT2D eigenvalue weighted by atomic mass is 32.2. The average Bonchev–Trinajstić information content (AvgIpc) is 3.33. The highest BCUT2D eigenvalue weighted by molar-refractivity contribution is 7.99. The second kappa shape index (κ2) is 11.7. The van der Waals surface area contributed by atoms with Crippen LogP contribution in [0.25, 0.3) is 11.1 Å². The summed E-state index contributed by atoms with van der Waals surface area (Å²) in [5, 5.41) is 9.67. The molecule has 0 amide bonds. The number of thioether (sulfide) groups is 1. The molecule has 2 aliphatic heterocycles. The molecule has 1 saturated heterocycles. The Morgan fingerprint density at radius 2 is 1.74 bits per heavy atom. The lowest BCUT2D eigenvalue weighted by atomic mass is 9.52. The van der Waals surface area contributed by atoms with Crippen LogP contribution in [0.1, 0.15) is 29.5 Å². The van der Waals surface area contributed by atoms with Crippen LogP contribution in [0.15, 0.2) is 65.6 Å². The molecule has 5 rings (SSSR count). The lowest BCUT2D eigenvalue weighted by molar-refractivity contribution is 0.198. The van der Waals surface area contributed by atoms with Gasteiger partial charge in [-0.1, -0.05) is 12.1 Å². The van der Waals surface area contributed by atoms with E-state index >= 15 is 4.39 Å². The third kappa shape index (κ3) is 6.67. The first-order chi connectivity index (χ1) is 18.7. The second-order valence-corrected chi connectivity index (χ2v) is 12.1. The Kier molecular flexibility index (Phi) is 8.33. The molecule has 10 heteroatoms. The number of nitrogens with zero attached hydrogens (tertiary/aromatic N) is 1. The van der Waals surface area contributed by atoms with Crippen molar-refractivity contribution >= 4 is 46.4 Å². The summed E-state index contributed by atoms with van der Waals surface area (Å²) >= 11 is 1.59. The molecule has 0 saturated carbocycles. The average molecular weight is 545 g/mol. The number of alkyl halides is 1. The van der Waals surface area contributed by atoms with Crippen molar-refractivity contribution in [2.24, 2.45) is 0 Å². The normalized spacial score (nSPS) is 17.7. The van der Waals surface area contributed by atoms with Crippen LogP contribution in [-0.4, -0.2) is 77.0 Å². The first kappa shape index (κ1) is 27.7. The summed E-state index contributed by atoms with van der Waals surface area (Å²) < 4.78 is 40.2. The third-order valence-electron chi connectivity index (χ3n) is 6.88. The molecule has 0 aliphatic carbocycles. The van der Waals surface area contributed by atoms with Crippen LogP contribution in [0, 0.1) is 5.82 Å². The molecule has 1 N–H and O–H groups in total. The number of hydrogen-bond acceptors (Lipinski definition) is 5. The molecule has 0 aromatic heterocycles. The first-order valence-electron chi connectivity index (χ1n) is 13.4. The van der Waals surface area contributed by atoms with Crippen molar-refractivity contribution in [1.82, 2.24) is 4.90 Å². The van der Waals surface area contributed by atoms with E-state index in [1.165, 1.54) is 6.07 Å². The molecule has 39 heavy (non-hydrogen) atoms. The van der Waals surface area contributed by atoms with Crippen molar-refractivity contribution in [3.8, 4) is 17.2 Å². The number of rotatable bonds is 9. The van der Waals surface area contributed by atoms with Crippen molar-refractivity contribution in [1.29, 1.82) is 0 Å². The fraction of sp³-hybridized carbons (Fsp3) is 0.310. The lowest BCUT2D eigenvalue weighted by Crippen LogP contribution is -2.37. The van der Waals surface area contributed by atoms with Gasteiger partial charge in [0, 0.05) is 47.2 Å². The van der Waals surface area contributed by atoms with E-state index in [9.17, 15) is 9.50 Å².